The van der Waals surface area contributed by atoms with Gasteiger partial charge < -0.3 is 4.42 Å². The number of rotatable bonds is 5. The first-order chi connectivity index (χ1) is 7.81. The molecule has 2 aromatic rings. The zero-order valence-corrected chi connectivity index (χ0v) is 10.5. The average Bonchev–Trinajstić information content (AvgIpc) is 2.96. The summed E-state index contributed by atoms with van der Waals surface area (Å²) < 4.78 is 5.40. The molecule has 86 valence electrons. The van der Waals surface area contributed by atoms with Crippen LogP contribution in [0.4, 0.5) is 0 Å². The van der Waals surface area contributed by atoms with E-state index >= 15 is 0 Å². The van der Waals surface area contributed by atoms with Crippen LogP contribution < -0.4 is 5.32 Å². The summed E-state index contributed by atoms with van der Waals surface area (Å²) in [7, 11) is 0. The van der Waals surface area contributed by atoms with Gasteiger partial charge in [0.1, 0.15) is 5.76 Å². The Labute approximate surface area is 100 Å². The van der Waals surface area contributed by atoms with Crippen LogP contribution in [0, 0.1) is 0 Å². The highest BCUT2D eigenvalue weighted by molar-refractivity contribution is 7.10. The maximum atomic E-state index is 5.40. The van der Waals surface area contributed by atoms with Crippen molar-refractivity contribution in [3.05, 3.63) is 46.5 Å². The number of nitrogens with one attached hydrogen (secondary N) is 1. The molecule has 0 bridgehead atoms. The molecule has 0 saturated carbocycles. The fourth-order valence-corrected chi connectivity index (χ4v) is 2.68. The Morgan fingerprint density at radius 3 is 2.81 bits per heavy atom. The van der Waals surface area contributed by atoms with Crippen LogP contribution in [0.2, 0.25) is 0 Å². The molecule has 1 N–H and O–H groups in total. The maximum Gasteiger partial charge on any atom is 0.120 e. The van der Waals surface area contributed by atoms with Crippen molar-refractivity contribution in [2.75, 3.05) is 0 Å². The molecule has 2 unspecified atom stereocenters. The summed E-state index contributed by atoms with van der Waals surface area (Å²) in [6.45, 7) is 4.33. The molecule has 2 atom stereocenters. The van der Waals surface area contributed by atoms with Crippen molar-refractivity contribution in [1.29, 1.82) is 0 Å². The fourth-order valence-electron chi connectivity index (χ4n) is 1.81. The molecule has 2 rings (SSSR count). The van der Waals surface area contributed by atoms with Crippen molar-refractivity contribution in [2.24, 2.45) is 0 Å². The Morgan fingerprint density at radius 2 is 2.25 bits per heavy atom. The van der Waals surface area contributed by atoms with Gasteiger partial charge in [-0.25, -0.2) is 0 Å². The third-order valence-electron chi connectivity index (χ3n) is 2.72. The van der Waals surface area contributed by atoms with Gasteiger partial charge in [-0.15, -0.1) is 11.3 Å². The van der Waals surface area contributed by atoms with E-state index in [0.29, 0.717) is 6.04 Å². The number of thiophene rings is 1. The highest BCUT2D eigenvalue weighted by atomic mass is 32.1. The molecule has 2 nitrogen and oxygen atoms in total. The normalized spacial score (nSPS) is 14.9. The minimum Gasteiger partial charge on any atom is -0.468 e. The summed E-state index contributed by atoms with van der Waals surface area (Å²) >= 11 is 1.80. The largest absolute Gasteiger partial charge is 0.468 e. The molecule has 0 aromatic carbocycles. The van der Waals surface area contributed by atoms with Gasteiger partial charge in [-0.3, -0.25) is 5.32 Å². The van der Waals surface area contributed by atoms with E-state index < -0.39 is 0 Å². The first-order valence-electron chi connectivity index (χ1n) is 5.64. The van der Waals surface area contributed by atoms with E-state index in [-0.39, 0.29) is 6.04 Å². The van der Waals surface area contributed by atoms with Crippen molar-refractivity contribution in [1.82, 2.24) is 5.32 Å². The molecule has 3 heteroatoms. The van der Waals surface area contributed by atoms with Gasteiger partial charge in [0.2, 0.25) is 0 Å². The van der Waals surface area contributed by atoms with Crippen molar-refractivity contribution >= 4 is 11.3 Å². The van der Waals surface area contributed by atoms with Crippen LogP contribution in [0.15, 0.2) is 40.3 Å². The van der Waals surface area contributed by atoms with Gasteiger partial charge in [-0.05, 0) is 36.9 Å². The molecule has 0 spiro atoms. The second-order valence-electron chi connectivity index (χ2n) is 3.88. The highest BCUT2D eigenvalue weighted by Crippen LogP contribution is 2.25. The number of hydrogen-bond acceptors (Lipinski definition) is 3. The molecule has 0 aliphatic carbocycles. The zero-order valence-electron chi connectivity index (χ0n) is 9.64. The Hall–Kier alpha value is -1.06. The lowest BCUT2D eigenvalue weighted by Crippen LogP contribution is -2.23. The minimum atomic E-state index is 0.252. The van der Waals surface area contributed by atoms with E-state index in [9.17, 15) is 0 Å². The predicted octanol–water partition coefficient (Wildman–Crippen LogP) is 4.14. The third-order valence-corrected chi connectivity index (χ3v) is 3.70. The SMILES string of the molecule is CCC(NC(C)c1ccco1)c1cccs1. The van der Waals surface area contributed by atoms with Gasteiger partial charge in [0, 0.05) is 10.9 Å². The Kier molecular flexibility index (Phi) is 3.80. The van der Waals surface area contributed by atoms with Gasteiger partial charge in [0.15, 0.2) is 0 Å². The molecule has 2 aromatic heterocycles. The topological polar surface area (TPSA) is 25.2 Å². The second kappa shape index (κ2) is 5.32. The van der Waals surface area contributed by atoms with Gasteiger partial charge in [-0.2, -0.15) is 0 Å². The number of furan rings is 1. The van der Waals surface area contributed by atoms with E-state index in [2.05, 4.69) is 36.7 Å². The summed E-state index contributed by atoms with van der Waals surface area (Å²) in [6, 6.07) is 8.89. The zero-order chi connectivity index (χ0) is 11.4. The predicted molar refractivity (Wildman–Crippen MR) is 67.6 cm³/mol. The fraction of sp³-hybridized carbons (Fsp3) is 0.385. The summed E-state index contributed by atoms with van der Waals surface area (Å²) in [5.74, 6) is 0.995. The van der Waals surface area contributed by atoms with Crippen molar-refractivity contribution in [2.45, 2.75) is 32.4 Å². The molecule has 0 aliphatic heterocycles. The maximum absolute atomic E-state index is 5.40. The van der Waals surface area contributed by atoms with E-state index in [4.69, 9.17) is 4.42 Å². The summed E-state index contributed by atoms with van der Waals surface area (Å²) in [6.07, 6.45) is 2.81. The molecular formula is C13H17NOS. The van der Waals surface area contributed by atoms with Crippen LogP contribution in [0.3, 0.4) is 0 Å². The smallest absolute Gasteiger partial charge is 0.120 e. The molecule has 0 amide bonds. The van der Waals surface area contributed by atoms with Crippen LogP contribution in [0.5, 0.6) is 0 Å². The average molecular weight is 235 g/mol. The van der Waals surface area contributed by atoms with Crippen LogP contribution in [-0.2, 0) is 0 Å². The van der Waals surface area contributed by atoms with E-state index in [1.54, 1.807) is 17.6 Å². The molecule has 16 heavy (non-hydrogen) atoms. The Morgan fingerprint density at radius 1 is 1.38 bits per heavy atom. The van der Waals surface area contributed by atoms with Crippen LogP contribution >= 0.6 is 11.3 Å². The molecule has 0 radical (unpaired) electrons. The summed E-state index contributed by atoms with van der Waals surface area (Å²) in [4.78, 5) is 1.39. The lowest BCUT2D eigenvalue weighted by molar-refractivity contribution is 0.389. The van der Waals surface area contributed by atoms with Crippen molar-refractivity contribution in [3.63, 3.8) is 0 Å². The number of hydrogen-bond donors (Lipinski definition) is 1. The van der Waals surface area contributed by atoms with E-state index in [1.165, 1.54) is 4.88 Å². The lowest BCUT2D eigenvalue weighted by Gasteiger charge is -2.19. The van der Waals surface area contributed by atoms with E-state index in [1.807, 2.05) is 12.1 Å². The Bertz CT molecular complexity index is 394. The third kappa shape index (κ3) is 2.54. The van der Waals surface area contributed by atoms with Crippen molar-refractivity contribution in [3.8, 4) is 0 Å². The van der Waals surface area contributed by atoms with Crippen molar-refractivity contribution < 1.29 is 4.42 Å². The molecule has 2 heterocycles. The molecule has 0 saturated heterocycles. The quantitative estimate of drug-likeness (QED) is 0.842. The standard InChI is InChI=1S/C13H17NOS/c1-3-11(13-7-5-9-16-13)14-10(2)12-6-4-8-15-12/h4-11,14H,3H2,1-2H3. The van der Waals surface area contributed by atoms with Gasteiger partial charge in [-0.1, -0.05) is 13.0 Å². The summed E-state index contributed by atoms with van der Waals surface area (Å²) in [5.41, 5.74) is 0. The second-order valence-corrected chi connectivity index (χ2v) is 4.86. The highest BCUT2D eigenvalue weighted by Gasteiger charge is 2.15. The first-order valence-corrected chi connectivity index (χ1v) is 6.52. The van der Waals surface area contributed by atoms with Crippen LogP contribution in [-0.4, -0.2) is 0 Å². The Balaban J connectivity index is 2.02. The monoisotopic (exact) mass is 235 g/mol. The first kappa shape index (κ1) is 11.4. The lowest BCUT2D eigenvalue weighted by atomic mass is 10.1. The van der Waals surface area contributed by atoms with Gasteiger partial charge in [0.05, 0.1) is 12.3 Å². The molecular weight excluding hydrogens is 218 g/mol. The van der Waals surface area contributed by atoms with Gasteiger partial charge >= 0.3 is 0 Å². The van der Waals surface area contributed by atoms with E-state index in [0.717, 1.165) is 12.2 Å². The van der Waals surface area contributed by atoms with Crippen LogP contribution in [0.25, 0.3) is 0 Å². The van der Waals surface area contributed by atoms with Gasteiger partial charge in [0.25, 0.3) is 0 Å². The van der Waals surface area contributed by atoms with Crippen LogP contribution in [0.1, 0.15) is 43.0 Å². The molecule has 0 fully saturated rings. The minimum absolute atomic E-state index is 0.252. The summed E-state index contributed by atoms with van der Waals surface area (Å²) in [5, 5.41) is 5.71. The molecule has 0 aliphatic rings.